The summed E-state index contributed by atoms with van der Waals surface area (Å²) in [4.78, 5) is 29.1. The van der Waals surface area contributed by atoms with E-state index in [0.717, 1.165) is 36.5 Å². The zero-order chi connectivity index (χ0) is 16.8. The molecule has 0 aliphatic carbocycles. The Labute approximate surface area is 147 Å². The zero-order valence-electron chi connectivity index (χ0n) is 13.4. The molecular weight excluding hydrogens is 334 g/mol. The molecule has 124 valence electrons. The number of hydrogen-bond acceptors (Lipinski definition) is 5. The summed E-state index contributed by atoms with van der Waals surface area (Å²) in [7, 11) is 0. The molecule has 0 radical (unpaired) electrons. The second-order valence-corrected chi connectivity index (χ2v) is 7.02. The molecule has 25 heavy (non-hydrogen) atoms. The molecule has 0 spiro atoms. The number of imidazole rings is 1. The monoisotopic (exact) mass is 349 g/mol. The van der Waals surface area contributed by atoms with Crippen molar-refractivity contribution in [2.45, 2.75) is 25.8 Å². The fraction of sp³-hybridized carbons (Fsp3) is 0.222. The molecule has 0 fully saturated rings. The summed E-state index contributed by atoms with van der Waals surface area (Å²) in [5.41, 5.74) is 3.48. The Morgan fingerprint density at radius 2 is 2.16 bits per heavy atom. The molecule has 0 aromatic carbocycles. The molecule has 0 atom stereocenters. The fourth-order valence-corrected chi connectivity index (χ4v) is 4.26. The molecule has 1 aliphatic heterocycles. The third-order valence-electron chi connectivity index (χ3n) is 4.58. The normalized spacial score (nSPS) is 13.9. The van der Waals surface area contributed by atoms with Crippen molar-refractivity contribution in [3.63, 3.8) is 0 Å². The Bertz CT molecular complexity index is 1130. The number of thiophene rings is 1. The number of nitrogens with one attached hydrogen (secondary N) is 1. The number of nitrogens with zero attached hydrogens (tertiary/aromatic N) is 4. The van der Waals surface area contributed by atoms with Crippen LogP contribution in [0, 0.1) is 0 Å². The summed E-state index contributed by atoms with van der Waals surface area (Å²) < 4.78 is 2.79. The first-order valence-corrected chi connectivity index (χ1v) is 9.17. The maximum atomic E-state index is 12.6. The summed E-state index contributed by atoms with van der Waals surface area (Å²) in [5, 5.41) is 1.94. The lowest BCUT2D eigenvalue weighted by molar-refractivity contribution is 0.535. The molecule has 5 rings (SSSR count). The summed E-state index contributed by atoms with van der Waals surface area (Å²) >= 11 is 1.40. The van der Waals surface area contributed by atoms with Crippen LogP contribution in [0.5, 0.6) is 0 Å². The minimum Gasteiger partial charge on any atom is -0.326 e. The van der Waals surface area contributed by atoms with Gasteiger partial charge in [-0.1, -0.05) is 6.07 Å². The van der Waals surface area contributed by atoms with Gasteiger partial charge in [0.05, 0.1) is 11.2 Å². The van der Waals surface area contributed by atoms with Gasteiger partial charge in [0.2, 0.25) is 0 Å². The number of pyridine rings is 1. The van der Waals surface area contributed by atoms with Crippen LogP contribution in [-0.4, -0.2) is 24.5 Å². The van der Waals surface area contributed by atoms with Crippen molar-refractivity contribution < 1.29 is 0 Å². The van der Waals surface area contributed by atoms with Crippen molar-refractivity contribution in [1.29, 1.82) is 0 Å². The Balaban J connectivity index is 1.73. The van der Waals surface area contributed by atoms with Crippen LogP contribution >= 0.6 is 11.3 Å². The number of fused-ring (bicyclic) bond motifs is 2. The zero-order valence-corrected chi connectivity index (χ0v) is 14.2. The standard InChI is InChI=1S/C18H15N5OS/c24-18-15-14(12(10-25-15)13-6-1-3-7-19-13)21-16(22-18)17-20-9-11-5-2-4-8-23(11)17/h1,3,6-7,9-10H,2,4-5,8H2,(H,21,22,24). The lowest BCUT2D eigenvalue weighted by atomic mass is 10.1. The number of hydrogen-bond donors (Lipinski definition) is 1. The SMILES string of the molecule is O=c1[nH]c(-c2ncc3n2CCCC3)nc2c(-c3ccccn3)csc12. The van der Waals surface area contributed by atoms with Crippen LogP contribution in [0.3, 0.4) is 0 Å². The van der Waals surface area contributed by atoms with Gasteiger partial charge in [-0.3, -0.25) is 9.78 Å². The summed E-state index contributed by atoms with van der Waals surface area (Å²) in [6.07, 6.45) is 6.98. The van der Waals surface area contributed by atoms with Crippen LogP contribution in [0.1, 0.15) is 18.5 Å². The highest BCUT2D eigenvalue weighted by molar-refractivity contribution is 7.17. The third-order valence-corrected chi connectivity index (χ3v) is 5.55. The molecule has 1 aliphatic rings. The minimum absolute atomic E-state index is 0.125. The average Bonchev–Trinajstić information content (AvgIpc) is 3.27. The van der Waals surface area contributed by atoms with E-state index in [4.69, 9.17) is 4.98 Å². The lowest BCUT2D eigenvalue weighted by Crippen LogP contribution is -2.14. The number of aromatic amines is 1. The first-order valence-electron chi connectivity index (χ1n) is 8.29. The van der Waals surface area contributed by atoms with Crippen molar-refractivity contribution in [2.75, 3.05) is 0 Å². The first kappa shape index (κ1) is 14.5. The lowest BCUT2D eigenvalue weighted by Gasteiger charge is -2.16. The molecule has 0 saturated heterocycles. The van der Waals surface area contributed by atoms with Crippen molar-refractivity contribution in [1.82, 2.24) is 24.5 Å². The first-order chi connectivity index (χ1) is 12.3. The van der Waals surface area contributed by atoms with Gasteiger partial charge >= 0.3 is 0 Å². The van der Waals surface area contributed by atoms with Gasteiger partial charge in [0.1, 0.15) is 4.70 Å². The van der Waals surface area contributed by atoms with Crippen molar-refractivity contribution in [2.24, 2.45) is 0 Å². The molecule has 6 nitrogen and oxygen atoms in total. The average molecular weight is 349 g/mol. The van der Waals surface area contributed by atoms with Gasteiger partial charge < -0.3 is 9.55 Å². The van der Waals surface area contributed by atoms with Crippen molar-refractivity contribution in [3.05, 3.63) is 52.0 Å². The Morgan fingerprint density at radius 1 is 1.20 bits per heavy atom. The molecule has 4 aromatic rings. The highest BCUT2D eigenvalue weighted by atomic mass is 32.1. The van der Waals surface area contributed by atoms with Crippen LogP contribution in [0.15, 0.2) is 40.8 Å². The van der Waals surface area contributed by atoms with Crippen LogP contribution < -0.4 is 5.56 Å². The van der Waals surface area contributed by atoms with E-state index in [0.29, 0.717) is 16.0 Å². The maximum absolute atomic E-state index is 12.6. The second kappa shape index (κ2) is 5.63. The number of aromatic nitrogens is 5. The van der Waals surface area contributed by atoms with E-state index in [9.17, 15) is 4.79 Å². The molecule has 1 N–H and O–H groups in total. The Kier molecular flexibility index (Phi) is 3.27. The quantitative estimate of drug-likeness (QED) is 0.603. The van der Waals surface area contributed by atoms with Crippen LogP contribution in [0.4, 0.5) is 0 Å². The van der Waals surface area contributed by atoms with Crippen molar-refractivity contribution >= 4 is 21.6 Å². The van der Waals surface area contributed by atoms with E-state index >= 15 is 0 Å². The molecule has 0 amide bonds. The van der Waals surface area contributed by atoms with Crippen molar-refractivity contribution in [3.8, 4) is 22.9 Å². The molecule has 4 aromatic heterocycles. The van der Waals surface area contributed by atoms with Gasteiger partial charge in [-0.25, -0.2) is 9.97 Å². The number of aryl methyl sites for hydroxylation is 1. The predicted octanol–water partition coefficient (Wildman–Crippen LogP) is 3.25. The van der Waals surface area contributed by atoms with Crippen LogP contribution in [0.25, 0.3) is 33.1 Å². The molecule has 5 heterocycles. The summed E-state index contributed by atoms with van der Waals surface area (Å²) in [6.45, 7) is 0.920. The second-order valence-electron chi connectivity index (χ2n) is 6.14. The van der Waals surface area contributed by atoms with E-state index in [1.807, 2.05) is 29.8 Å². The van der Waals surface area contributed by atoms with Gasteiger partial charge in [-0.05, 0) is 31.4 Å². The number of rotatable bonds is 2. The summed E-state index contributed by atoms with van der Waals surface area (Å²) in [5.74, 6) is 1.27. The van der Waals surface area contributed by atoms with Gasteiger partial charge in [-0.2, -0.15) is 0 Å². The number of H-pyrrole nitrogens is 1. The fourth-order valence-electron chi connectivity index (χ4n) is 3.36. The van der Waals surface area contributed by atoms with E-state index in [-0.39, 0.29) is 5.56 Å². The smallest absolute Gasteiger partial charge is 0.269 e. The topological polar surface area (TPSA) is 76.5 Å². The maximum Gasteiger partial charge on any atom is 0.269 e. The molecule has 0 bridgehead atoms. The van der Waals surface area contributed by atoms with Gasteiger partial charge in [0, 0.05) is 35.6 Å². The van der Waals surface area contributed by atoms with E-state index in [2.05, 4.69) is 19.5 Å². The van der Waals surface area contributed by atoms with Crippen LogP contribution in [0.2, 0.25) is 0 Å². The molecule has 0 unspecified atom stereocenters. The summed E-state index contributed by atoms with van der Waals surface area (Å²) in [6, 6.07) is 5.74. The Hall–Kier alpha value is -2.80. The minimum atomic E-state index is -0.125. The molecule has 0 saturated carbocycles. The predicted molar refractivity (Wildman–Crippen MR) is 97.6 cm³/mol. The van der Waals surface area contributed by atoms with E-state index in [1.165, 1.54) is 23.5 Å². The van der Waals surface area contributed by atoms with Gasteiger partial charge in [0.25, 0.3) is 5.56 Å². The highest BCUT2D eigenvalue weighted by Crippen LogP contribution is 2.31. The van der Waals surface area contributed by atoms with Crippen LogP contribution in [-0.2, 0) is 13.0 Å². The highest BCUT2D eigenvalue weighted by Gasteiger charge is 2.19. The third kappa shape index (κ3) is 2.31. The molecular formula is C18H15N5OS. The largest absolute Gasteiger partial charge is 0.326 e. The van der Waals surface area contributed by atoms with Gasteiger partial charge in [-0.15, -0.1) is 11.3 Å². The molecule has 7 heteroatoms. The Morgan fingerprint density at radius 3 is 3.04 bits per heavy atom. The van der Waals surface area contributed by atoms with Gasteiger partial charge in [0.15, 0.2) is 11.6 Å². The van der Waals surface area contributed by atoms with E-state index in [1.54, 1.807) is 6.20 Å². The van der Waals surface area contributed by atoms with E-state index < -0.39 is 0 Å².